The third kappa shape index (κ3) is 5.89. The summed E-state index contributed by atoms with van der Waals surface area (Å²) < 4.78 is 0. The molecule has 7 nitrogen and oxygen atoms in total. The van der Waals surface area contributed by atoms with Gasteiger partial charge in [0.05, 0.1) is 11.3 Å². The van der Waals surface area contributed by atoms with Crippen LogP contribution in [0.2, 0.25) is 0 Å². The quantitative estimate of drug-likeness (QED) is 0.502. The summed E-state index contributed by atoms with van der Waals surface area (Å²) in [6.45, 7) is 7.80. The smallest absolute Gasteiger partial charge is 0.273 e. The van der Waals surface area contributed by atoms with E-state index in [1.54, 1.807) is 18.2 Å². The molecular formula is C23H29N3O4. The summed E-state index contributed by atoms with van der Waals surface area (Å²) >= 11 is 0. The molecule has 1 N–H and O–H groups in total. The fraction of sp³-hybridized carbons (Fsp3) is 0.391. The second-order valence-corrected chi connectivity index (χ2v) is 7.60. The Morgan fingerprint density at radius 3 is 2.23 bits per heavy atom. The Kier molecular flexibility index (Phi) is 8.09. The van der Waals surface area contributed by atoms with Crippen LogP contribution < -0.4 is 5.32 Å². The van der Waals surface area contributed by atoms with Crippen LogP contribution in [0.4, 0.5) is 5.69 Å². The van der Waals surface area contributed by atoms with Crippen LogP contribution in [0, 0.1) is 17.0 Å². The van der Waals surface area contributed by atoms with E-state index >= 15 is 0 Å². The van der Waals surface area contributed by atoms with Crippen molar-refractivity contribution in [1.29, 1.82) is 0 Å². The molecule has 1 atom stereocenters. The number of rotatable bonds is 9. The average Bonchev–Trinajstić information content (AvgIpc) is 2.68. The minimum absolute atomic E-state index is 0.0582. The molecular weight excluding hydrogens is 382 g/mol. The van der Waals surface area contributed by atoms with Crippen molar-refractivity contribution >= 4 is 17.5 Å². The first kappa shape index (κ1) is 23.1. The van der Waals surface area contributed by atoms with Crippen molar-refractivity contribution < 1.29 is 14.5 Å². The van der Waals surface area contributed by atoms with Gasteiger partial charge in [-0.05, 0) is 38.3 Å². The van der Waals surface area contributed by atoms with E-state index < -0.39 is 11.0 Å². The van der Waals surface area contributed by atoms with E-state index in [9.17, 15) is 19.7 Å². The maximum absolute atomic E-state index is 13.3. The van der Waals surface area contributed by atoms with Gasteiger partial charge in [-0.15, -0.1) is 0 Å². The van der Waals surface area contributed by atoms with E-state index in [1.165, 1.54) is 11.0 Å². The largest absolute Gasteiger partial charge is 0.352 e. The van der Waals surface area contributed by atoms with Gasteiger partial charge in [0.1, 0.15) is 6.04 Å². The third-order valence-corrected chi connectivity index (χ3v) is 4.95. The second-order valence-electron chi connectivity index (χ2n) is 7.60. The van der Waals surface area contributed by atoms with Gasteiger partial charge in [0.2, 0.25) is 11.8 Å². The normalized spacial score (nSPS) is 11.8. The zero-order valence-electron chi connectivity index (χ0n) is 17.9. The molecule has 0 aliphatic rings. The fourth-order valence-electron chi connectivity index (χ4n) is 3.37. The zero-order valence-corrected chi connectivity index (χ0v) is 17.9. The van der Waals surface area contributed by atoms with E-state index in [0.29, 0.717) is 12.0 Å². The number of nitro benzene ring substituents is 1. The number of hydrogen-bond acceptors (Lipinski definition) is 4. The monoisotopic (exact) mass is 411 g/mol. The Hall–Kier alpha value is -3.22. The lowest BCUT2D eigenvalue weighted by molar-refractivity contribution is -0.385. The maximum atomic E-state index is 13.3. The van der Waals surface area contributed by atoms with Gasteiger partial charge >= 0.3 is 0 Å². The lowest BCUT2D eigenvalue weighted by Gasteiger charge is -2.31. The van der Waals surface area contributed by atoms with Gasteiger partial charge in [0, 0.05) is 24.2 Å². The molecule has 0 aliphatic carbocycles. The first-order valence-electron chi connectivity index (χ1n) is 10.1. The number of carbonyl (C=O) groups excluding carboxylic acids is 2. The van der Waals surface area contributed by atoms with Crippen LogP contribution in [0.25, 0.3) is 0 Å². The summed E-state index contributed by atoms with van der Waals surface area (Å²) in [6, 6.07) is 13.2. The number of nitro groups is 1. The van der Waals surface area contributed by atoms with Crippen molar-refractivity contribution in [3.63, 3.8) is 0 Å². The van der Waals surface area contributed by atoms with Gasteiger partial charge in [-0.2, -0.15) is 0 Å². The van der Waals surface area contributed by atoms with Crippen LogP contribution in [0.15, 0.2) is 48.5 Å². The van der Waals surface area contributed by atoms with Gasteiger partial charge in [0.25, 0.3) is 5.69 Å². The molecule has 160 valence electrons. The Morgan fingerprint density at radius 1 is 1.07 bits per heavy atom. The summed E-state index contributed by atoms with van der Waals surface area (Å²) in [5, 5.41) is 14.2. The summed E-state index contributed by atoms with van der Waals surface area (Å²) in [4.78, 5) is 38.5. The van der Waals surface area contributed by atoms with Crippen LogP contribution in [-0.2, 0) is 22.6 Å². The zero-order chi connectivity index (χ0) is 22.3. The van der Waals surface area contributed by atoms with Gasteiger partial charge in [-0.25, -0.2) is 0 Å². The van der Waals surface area contributed by atoms with E-state index in [1.807, 2.05) is 52.0 Å². The third-order valence-electron chi connectivity index (χ3n) is 4.95. The molecule has 0 saturated carbocycles. The minimum Gasteiger partial charge on any atom is -0.352 e. The van der Waals surface area contributed by atoms with Crippen molar-refractivity contribution in [2.75, 3.05) is 0 Å². The minimum atomic E-state index is -0.665. The van der Waals surface area contributed by atoms with E-state index in [-0.39, 0.29) is 36.5 Å². The molecule has 0 unspecified atom stereocenters. The van der Waals surface area contributed by atoms with E-state index in [4.69, 9.17) is 0 Å². The van der Waals surface area contributed by atoms with Crippen molar-refractivity contribution in [3.8, 4) is 0 Å². The van der Waals surface area contributed by atoms with Crippen LogP contribution in [0.5, 0.6) is 0 Å². The molecule has 7 heteroatoms. The molecule has 2 amide bonds. The molecule has 0 bridgehead atoms. The molecule has 0 aromatic heterocycles. The lowest BCUT2D eigenvalue weighted by Crippen LogP contribution is -2.50. The standard InChI is InChI=1S/C23H29N3O4/c1-5-20(23(28)24-16(2)3)25(15-19-12-7-6-10-17(19)4)22(27)14-18-11-8-9-13-21(18)26(29)30/h6-13,16,20H,5,14-15H2,1-4H3,(H,24,28)/t20-/m0/s1. The van der Waals surface area contributed by atoms with Crippen LogP contribution >= 0.6 is 0 Å². The summed E-state index contributed by atoms with van der Waals surface area (Å²) in [5.41, 5.74) is 2.19. The molecule has 0 heterocycles. The molecule has 0 saturated heterocycles. The van der Waals surface area contributed by atoms with Gasteiger partial charge in [-0.3, -0.25) is 19.7 Å². The van der Waals surface area contributed by atoms with Crippen LogP contribution in [0.1, 0.15) is 43.9 Å². The van der Waals surface area contributed by atoms with Crippen molar-refractivity contribution in [2.24, 2.45) is 0 Å². The molecule has 2 rings (SSSR count). The molecule has 2 aromatic carbocycles. The highest BCUT2D eigenvalue weighted by atomic mass is 16.6. The molecule has 0 spiro atoms. The summed E-state index contributed by atoms with van der Waals surface area (Å²) in [6.07, 6.45) is 0.293. The van der Waals surface area contributed by atoms with Crippen LogP contribution in [0.3, 0.4) is 0 Å². The van der Waals surface area contributed by atoms with E-state index in [0.717, 1.165) is 11.1 Å². The van der Waals surface area contributed by atoms with Crippen molar-refractivity contribution in [1.82, 2.24) is 10.2 Å². The second kappa shape index (κ2) is 10.5. The average molecular weight is 412 g/mol. The number of carbonyl (C=O) groups is 2. The predicted molar refractivity (Wildman–Crippen MR) is 116 cm³/mol. The molecule has 0 aliphatic heterocycles. The Morgan fingerprint density at radius 2 is 1.67 bits per heavy atom. The molecule has 30 heavy (non-hydrogen) atoms. The maximum Gasteiger partial charge on any atom is 0.273 e. The van der Waals surface area contributed by atoms with Crippen molar-refractivity contribution in [2.45, 2.75) is 59.2 Å². The van der Waals surface area contributed by atoms with Gasteiger partial charge in [-0.1, -0.05) is 49.4 Å². The molecule has 0 radical (unpaired) electrons. The topological polar surface area (TPSA) is 92.6 Å². The Bertz CT molecular complexity index is 911. The summed E-state index contributed by atoms with van der Waals surface area (Å²) in [5.74, 6) is -0.546. The molecule has 2 aromatic rings. The van der Waals surface area contributed by atoms with E-state index in [2.05, 4.69) is 5.32 Å². The highest BCUT2D eigenvalue weighted by Gasteiger charge is 2.30. The lowest BCUT2D eigenvalue weighted by atomic mass is 10.0. The Balaban J connectivity index is 2.39. The fourth-order valence-corrected chi connectivity index (χ4v) is 3.37. The van der Waals surface area contributed by atoms with Crippen molar-refractivity contribution in [3.05, 3.63) is 75.3 Å². The number of benzene rings is 2. The predicted octanol–water partition coefficient (Wildman–Crippen LogP) is 3.78. The number of nitrogens with zero attached hydrogens (tertiary/aromatic N) is 2. The number of nitrogens with one attached hydrogen (secondary N) is 1. The number of hydrogen-bond donors (Lipinski definition) is 1. The van der Waals surface area contributed by atoms with Gasteiger partial charge < -0.3 is 10.2 Å². The Labute approximate surface area is 177 Å². The first-order valence-corrected chi connectivity index (χ1v) is 10.1. The number of para-hydroxylation sites is 1. The SMILES string of the molecule is CC[C@@H](C(=O)NC(C)C)N(Cc1ccccc1C)C(=O)Cc1ccccc1[N+](=O)[O-]. The first-order chi connectivity index (χ1) is 14.2. The highest BCUT2D eigenvalue weighted by Crippen LogP contribution is 2.21. The number of aryl methyl sites for hydroxylation is 1. The number of amides is 2. The summed E-state index contributed by atoms with van der Waals surface area (Å²) in [7, 11) is 0. The van der Waals surface area contributed by atoms with Gasteiger partial charge in [0.15, 0.2) is 0 Å². The highest BCUT2D eigenvalue weighted by molar-refractivity contribution is 5.89. The van der Waals surface area contributed by atoms with Crippen LogP contribution in [-0.4, -0.2) is 33.7 Å². The molecule has 0 fully saturated rings.